The number of hydrogen-bond donors (Lipinski definition) is 3. The van der Waals surface area contributed by atoms with Crippen LogP contribution in [0.5, 0.6) is 0 Å². The van der Waals surface area contributed by atoms with E-state index in [9.17, 15) is 4.79 Å². The van der Waals surface area contributed by atoms with E-state index in [-0.39, 0.29) is 23.7 Å². The normalized spacial score (nSPS) is 12.4. The summed E-state index contributed by atoms with van der Waals surface area (Å²) in [5, 5.41) is 9.54. The molecular weight excluding hydrogens is 230 g/mol. The molecule has 1 aromatic rings. The third kappa shape index (κ3) is 4.49. The first-order valence-corrected chi connectivity index (χ1v) is 5.69. The van der Waals surface area contributed by atoms with Gasteiger partial charge in [-0.25, -0.2) is 5.10 Å². The van der Waals surface area contributed by atoms with Gasteiger partial charge in [0, 0.05) is 13.2 Å². The molecule has 0 saturated carbocycles. The van der Waals surface area contributed by atoms with Gasteiger partial charge in [-0.05, 0) is 6.92 Å². The van der Waals surface area contributed by atoms with E-state index in [1.165, 1.54) is 11.8 Å². The molecule has 0 fully saturated rings. The molecule has 90 valence electrons. The summed E-state index contributed by atoms with van der Waals surface area (Å²) in [4.78, 5) is 15.3. The SMILES string of the molecule is COCC(C)NC(=O)CSc1n[nH]c(N)n1. The quantitative estimate of drug-likeness (QED) is 0.590. The minimum atomic E-state index is -0.0853. The number of anilines is 1. The topological polar surface area (TPSA) is 106 Å². The molecule has 16 heavy (non-hydrogen) atoms. The molecule has 0 spiro atoms. The van der Waals surface area contributed by atoms with Gasteiger partial charge in [-0.3, -0.25) is 4.79 Å². The number of H-pyrrole nitrogens is 1. The summed E-state index contributed by atoms with van der Waals surface area (Å²) in [5.74, 6) is 0.416. The molecule has 1 heterocycles. The number of ether oxygens (including phenoxy) is 1. The van der Waals surface area contributed by atoms with E-state index >= 15 is 0 Å². The van der Waals surface area contributed by atoms with Gasteiger partial charge >= 0.3 is 0 Å². The number of rotatable bonds is 6. The van der Waals surface area contributed by atoms with Gasteiger partial charge in [-0.15, -0.1) is 5.10 Å². The summed E-state index contributed by atoms with van der Waals surface area (Å²) < 4.78 is 4.90. The largest absolute Gasteiger partial charge is 0.383 e. The highest BCUT2D eigenvalue weighted by Crippen LogP contribution is 2.11. The number of carbonyl (C=O) groups is 1. The van der Waals surface area contributed by atoms with E-state index in [4.69, 9.17) is 10.5 Å². The molecule has 1 atom stereocenters. The lowest BCUT2D eigenvalue weighted by atomic mass is 10.3. The second kappa shape index (κ2) is 6.33. The number of aromatic nitrogens is 3. The van der Waals surface area contributed by atoms with Crippen molar-refractivity contribution in [2.75, 3.05) is 25.2 Å². The van der Waals surface area contributed by atoms with Crippen molar-refractivity contribution in [2.24, 2.45) is 0 Å². The van der Waals surface area contributed by atoms with Crippen molar-refractivity contribution in [3.05, 3.63) is 0 Å². The van der Waals surface area contributed by atoms with E-state index in [1.54, 1.807) is 7.11 Å². The first-order chi connectivity index (χ1) is 7.61. The van der Waals surface area contributed by atoms with Crippen molar-refractivity contribution in [3.63, 3.8) is 0 Å². The van der Waals surface area contributed by atoms with Crippen LogP contribution in [0.1, 0.15) is 6.92 Å². The number of nitrogens with zero attached hydrogens (tertiary/aromatic N) is 2. The van der Waals surface area contributed by atoms with E-state index in [0.29, 0.717) is 11.8 Å². The maximum absolute atomic E-state index is 11.4. The lowest BCUT2D eigenvalue weighted by Crippen LogP contribution is -2.36. The highest BCUT2D eigenvalue weighted by atomic mass is 32.2. The van der Waals surface area contributed by atoms with E-state index < -0.39 is 0 Å². The molecule has 1 rings (SSSR count). The molecule has 8 heteroatoms. The molecule has 0 saturated heterocycles. The van der Waals surface area contributed by atoms with Crippen LogP contribution in [0.4, 0.5) is 5.95 Å². The molecule has 1 unspecified atom stereocenters. The Morgan fingerprint density at radius 3 is 3.06 bits per heavy atom. The van der Waals surface area contributed by atoms with Crippen LogP contribution in [0.2, 0.25) is 0 Å². The Kier molecular flexibility index (Phi) is 5.06. The van der Waals surface area contributed by atoms with Gasteiger partial charge in [-0.1, -0.05) is 11.8 Å². The minimum Gasteiger partial charge on any atom is -0.383 e. The van der Waals surface area contributed by atoms with Gasteiger partial charge < -0.3 is 15.8 Å². The molecular formula is C8H15N5O2S. The lowest BCUT2D eigenvalue weighted by molar-refractivity contribution is -0.119. The van der Waals surface area contributed by atoms with Gasteiger partial charge in [-0.2, -0.15) is 4.98 Å². The van der Waals surface area contributed by atoms with Crippen LogP contribution in [0.3, 0.4) is 0 Å². The fourth-order valence-corrected chi connectivity index (χ4v) is 1.68. The number of amides is 1. The molecule has 0 aliphatic heterocycles. The molecule has 0 aliphatic rings. The van der Waals surface area contributed by atoms with Crippen LogP contribution >= 0.6 is 11.8 Å². The Balaban J connectivity index is 2.25. The second-order valence-corrected chi connectivity index (χ2v) is 4.16. The zero-order valence-corrected chi connectivity index (χ0v) is 10.0. The van der Waals surface area contributed by atoms with E-state index in [2.05, 4.69) is 20.5 Å². The van der Waals surface area contributed by atoms with Gasteiger partial charge in [0.2, 0.25) is 17.0 Å². The van der Waals surface area contributed by atoms with Gasteiger partial charge in [0.1, 0.15) is 0 Å². The number of methoxy groups -OCH3 is 1. The van der Waals surface area contributed by atoms with E-state index in [0.717, 1.165) is 0 Å². The summed E-state index contributed by atoms with van der Waals surface area (Å²) in [6.07, 6.45) is 0. The molecule has 0 aliphatic carbocycles. The number of carbonyl (C=O) groups excluding carboxylic acids is 1. The standard InChI is InChI=1S/C8H15N5O2S/c1-5(3-15-2)10-6(14)4-16-8-11-7(9)12-13-8/h5H,3-4H2,1-2H3,(H,10,14)(H3,9,11,12,13). The Morgan fingerprint density at radius 2 is 2.50 bits per heavy atom. The smallest absolute Gasteiger partial charge is 0.230 e. The molecule has 1 aromatic heterocycles. The number of nitrogens with one attached hydrogen (secondary N) is 2. The maximum atomic E-state index is 11.4. The molecule has 1 amide bonds. The van der Waals surface area contributed by atoms with Crippen molar-refractivity contribution in [1.29, 1.82) is 0 Å². The highest BCUT2D eigenvalue weighted by molar-refractivity contribution is 7.99. The average molecular weight is 245 g/mol. The second-order valence-electron chi connectivity index (χ2n) is 3.22. The first kappa shape index (κ1) is 12.8. The number of aromatic amines is 1. The Morgan fingerprint density at radius 1 is 1.75 bits per heavy atom. The first-order valence-electron chi connectivity index (χ1n) is 4.70. The summed E-state index contributed by atoms with van der Waals surface area (Å²) in [6, 6.07) is -0.00434. The summed E-state index contributed by atoms with van der Waals surface area (Å²) >= 11 is 1.22. The molecule has 4 N–H and O–H groups in total. The average Bonchev–Trinajstić information content (AvgIpc) is 2.61. The molecule has 0 bridgehead atoms. The van der Waals surface area contributed by atoms with Crippen molar-refractivity contribution < 1.29 is 9.53 Å². The Labute approximate surface area is 97.5 Å². The third-order valence-corrected chi connectivity index (χ3v) is 2.49. The number of nitrogens with two attached hydrogens (primary N) is 1. The molecule has 7 nitrogen and oxygen atoms in total. The third-order valence-electron chi connectivity index (χ3n) is 1.64. The van der Waals surface area contributed by atoms with Gasteiger partial charge in [0.15, 0.2) is 0 Å². The van der Waals surface area contributed by atoms with Crippen LogP contribution in [-0.4, -0.2) is 46.6 Å². The van der Waals surface area contributed by atoms with Crippen LogP contribution in [-0.2, 0) is 9.53 Å². The van der Waals surface area contributed by atoms with Crippen molar-refractivity contribution >= 4 is 23.6 Å². The van der Waals surface area contributed by atoms with E-state index in [1.807, 2.05) is 6.92 Å². The summed E-state index contributed by atoms with van der Waals surface area (Å²) in [7, 11) is 1.59. The summed E-state index contributed by atoms with van der Waals surface area (Å²) in [5.41, 5.74) is 5.35. The van der Waals surface area contributed by atoms with Gasteiger partial charge in [0.05, 0.1) is 12.4 Å². The van der Waals surface area contributed by atoms with Gasteiger partial charge in [0.25, 0.3) is 0 Å². The lowest BCUT2D eigenvalue weighted by Gasteiger charge is -2.11. The number of thioether (sulfide) groups is 1. The number of nitrogen functional groups attached to an aromatic ring is 1. The van der Waals surface area contributed by atoms with Crippen molar-refractivity contribution in [3.8, 4) is 0 Å². The Bertz CT molecular complexity index is 343. The highest BCUT2D eigenvalue weighted by Gasteiger charge is 2.09. The van der Waals surface area contributed by atoms with Crippen LogP contribution in [0.15, 0.2) is 5.16 Å². The predicted octanol–water partition coefficient (Wildman–Crippen LogP) is -0.370. The summed E-state index contributed by atoms with van der Waals surface area (Å²) in [6.45, 7) is 2.36. The Hall–Kier alpha value is -1.28. The zero-order chi connectivity index (χ0) is 12.0. The maximum Gasteiger partial charge on any atom is 0.230 e. The number of hydrogen-bond acceptors (Lipinski definition) is 6. The van der Waals surface area contributed by atoms with Crippen LogP contribution < -0.4 is 11.1 Å². The van der Waals surface area contributed by atoms with Crippen molar-refractivity contribution in [1.82, 2.24) is 20.5 Å². The van der Waals surface area contributed by atoms with Crippen molar-refractivity contribution in [2.45, 2.75) is 18.1 Å². The minimum absolute atomic E-state index is 0.00434. The predicted molar refractivity (Wildman–Crippen MR) is 61.0 cm³/mol. The van der Waals surface area contributed by atoms with Crippen LogP contribution in [0, 0.1) is 0 Å². The zero-order valence-electron chi connectivity index (χ0n) is 9.19. The van der Waals surface area contributed by atoms with Crippen LogP contribution in [0.25, 0.3) is 0 Å². The molecule has 0 radical (unpaired) electrons. The monoisotopic (exact) mass is 245 g/mol. The fraction of sp³-hybridized carbons (Fsp3) is 0.625. The molecule has 0 aromatic carbocycles. The fourth-order valence-electron chi connectivity index (χ4n) is 1.06.